The molecule has 0 radical (unpaired) electrons. The van der Waals surface area contributed by atoms with E-state index in [0.717, 1.165) is 4.88 Å². The van der Waals surface area contributed by atoms with Crippen molar-refractivity contribution in [1.29, 1.82) is 0 Å². The van der Waals surface area contributed by atoms with Crippen LogP contribution < -0.4 is 10.5 Å². The van der Waals surface area contributed by atoms with E-state index in [4.69, 9.17) is 10.5 Å². The fourth-order valence-corrected chi connectivity index (χ4v) is 2.11. The van der Waals surface area contributed by atoms with E-state index >= 15 is 0 Å². The summed E-state index contributed by atoms with van der Waals surface area (Å²) in [5, 5.41) is 1.99. The van der Waals surface area contributed by atoms with Crippen LogP contribution in [0.2, 0.25) is 0 Å². The molecule has 4 heteroatoms. The Morgan fingerprint density at radius 3 is 2.88 bits per heavy atom. The summed E-state index contributed by atoms with van der Waals surface area (Å²) < 4.78 is 5.63. The summed E-state index contributed by atoms with van der Waals surface area (Å²) in [6, 6.07) is 9.08. The zero-order valence-electron chi connectivity index (χ0n) is 9.47. The quantitative estimate of drug-likeness (QED) is 0.667. The van der Waals surface area contributed by atoms with E-state index in [1.807, 2.05) is 17.5 Å². The van der Waals surface area contributed by atoms with Crippen molar-refractivity contribution < 1.29 is 9.53 Å². The Bertz CT molecular complexity index is 520. The molecule has 3 nitrogen and oxygen atoms in total. The fourth-order valence-electron chi connectivity index (χ4n) is 1.49. The Hall–Kier alpha value is -1.81. The molecule has 0 aliphatic carbocycles. The molecule has 17 heavy (non-hydrogen) atoms. The minimum atomic E-state index is -0.0431. The largest absolute Gasteiger partial charge is 0.487 e. The first-order chi connectivity index (χ1) is 8.16. The molecule has 0 aliphatic rings. The number of thiophene rings is 1. The van der Waals surface area contributed by atoms with Crippen LogP contribution in [0.25, 0.3) is 0 Å². The van der Waals surface area contributed by atoms with E-state index in [1.165, 1.54) is 6.92 Å². The van der Waals surface area contributed by atoms with Gasteiger partial charge >= 0.3 is 0 Å². The van der Waals surface area contributed by atoms with Crippen LogP contribution in [0.15, 0.2) is 35.7 Å². The topological polar surface area (TPSA) is 52.3 Å². The van der Waals surface area contributed by atoms with Gasteiger partial charge in [0.15, 0.2) is 5.78 Å². The summed E-state index contributed by atoms with van der Waals surface area (Å²) in [5.41, 5.74) is 6.75. The van der Waals surface area contributed by atoms with Gasteiger partial charge in [0.1, 0.15) is 12.4 Å². The smallest absolute Gasteiger partial charge is 0.163 e. The Balaban J connectivity index is 2.17. The van der Waals surface area contributed by atoms with Crippen molar-refractivity contribution in [2.24, 2.45) is 0 Å². The van der Waals surface area contributed by atoms with Gasteiger partial charge in [-0.15, -0.1) is 11.3 Å². The zero-order chi connectivity index (χ0) is 12.3. The molecule has 0 spiro atoms. The number of benzene rings is 1. The maximum Gasteiger partial charge on any atom is 0.163 e. The molecule has 0 amide bonds. The summed E-state index contributed by atoms with van der Waals surface area (Å²) >= 11 is 1.62. The molecule has 1 aromatic heterocycles. The molecule has 2 N–H and O–H groups in total. The monoisotopic (exact) mass is 247 g/mol. The molecular formula is C13H13NO2S. The highest BCUT2D eigenvalue weighted by atomic mass is 32.1. The van der Waals surface area contributed by atoms with E-state index < -0.39 is 0 Å². The lowest BCUT2D eigenvalue weighted by molar-refractivity contribution is 0.101. The maximum absolute atomic E-state index is 11.4. The highest BCUT2D eigenvalue weighted by Crippen LogP contribution is 2.23. The molecule has 0 aliphatic heterocycles. The number of carbonyl (C=O) groups is 1. The van der Waals surface area contributed by atoms with Crippen LogP contribution in [-0.2, 0) is 6.61 Å². The highest BCUT2D eigenvalue weighted by Gasteiger charge is 2.09. The van der Waals surface area contributed by atoms with Crippen molar-refractivity contribution in [1.82, 2.24) is 0 Å². The van der Waals surface area contributed by atoms with E-state index in [0.29, 0.717) is 23.6 Å². The summed E-state index contributed by atoms with van der Waals surface area (Å²) in [5.74, 6) is 0.540. The Morgan fingerprint density at radius 1 is 1.41 bits per heavy atom. The third-order valence-corrected chi connectivity index (χ3v) is 3.18. The molecule has 0 fully saturated rings. The SMILES string of the molecule is CC(=O)c1cc(N)ccc1OCc1cccs1. The van der Waals surface area contributed by atoms with Crippen molar-refractivity contribution in [3.63, 3.8) is 0 Å². The number of anilines is 1. The molecule has 0 bridgehead atoms. The normalized spacial score (nSPS) is 10.2. The maximum atomic E-state index is 11.4. The van der Waals surface area contributed by atoms with Crippen molar-refractivity contribution in [2.75, 3.05) is 5.73 Å². The number of Topliss-reactive ketones (excluding diaryl/α,β-unsaturated/α-hetero) is 1. The van der Waals surface area contributed by atoms with Crippen LogP contribution >= 0.6 is 11.3 Å². The molecule has 0 atom stereocenters. The third-order valence-electron chi connectivity index (χ3n) is 2.33. The van der Waals surface area contributed by atoms with Gasteiger partial charge in [-0.2, -0.15) is 0 Å². The van der Waals surface area contributed by atoms with Crippen LogP contribution in [0.4, 0.5) is 5.69 Å². The molecule has 0 saturated carbocycles. The lowest BCUT2D eigenvalue weighted by Crippen LogP contribution is -2.01. The van der Waals surface area contributed by atoms with Crippen LogP contribution in [0, 0.1) is 0 Å². The number of nitrogens with two attached hydrogens (primary N) is 1. The highest BCUT2D eigenvalue weighted by molar-refractivity contribution is 7.09. The average molecular weight is 247 g/mol. The molecule has 2 aromatic rings. The molecule has 1 heterocycles. The van der Waals surface area contributed by atoms with Gasteiger partial charge in [0.2, 0.25) is 0 Å². The van der Waals surface area contributed by atoms with E-state index in [-0.39, 0.29) is 5.78 Å². The first-order valence-electron chi connectivity index (χ1n) is 5.22. The predicted octanol–water partition coefficient (Wildman–Crippen LogP) is 3.11. The van der Waals surface area contributed by atoms with Crippen molar-refractivity contribution in [2.45, 2.75) is 13.5 Å². The van der Waals surface area contributed by atoms with Crippen molar-refractivity contribution >= 4 is 22.8 Å². The Labute approximate surface area is 104 Å². The standard InChI is InChI=1S/C13H13NO2S/c1-9(15)12-7-10(14)4-5-13(12)16-8-11-3-2-6-17-11/h2-7H,8,14H2,1H3. The van der Waals surface area contributed by atoms with Gasteiger partial charge in [-0.05, 0) is 36.6 Å². The fraction of sp³-hybridized carbons (Fsp3) is 0.154. The number of ketones is 1. The number of ether oxygens (including phenoxy) is 1. The van der Waals surface area contributed by atoms with Crippen LogP contribution in [-0.4, -0.2) is 5.78 Å². The van der Waals surface area contributed by atoms with Gasteiger partial charge in [0.25, 0.3) is 0 Å². The van der Waals surface area contributed by atoms with Gasteiger partial charge in [-0.3, -0.25) is 4.79 Å². The third kappa shape index (κ3) is 2.85. The van der Waals surface area contributed by atoms with E-state index in [9.17, 15) is 4.79 Å². The number of rotatable bonds is 4. The van der Waals surface area contributed by atoms with Gasteiger partial charge in [-0.25, -0.2) is 0 Å². The predicted molar refractivity (Wildman–Crippen MR) is 69.5 cm³/mol. The van der Waals surface area contributed by atoms with E-state index in [1.54, 1.807) is 29.5 Å². The average Bonchev–Trinajstić information content (AvgIpc) is 2.80. The van der Waals surface area contributed by atoms with Crippen molar-refractivity contribution in [3.05, 3.63) is 46.2 Å². The summed E-state index contributed by atoms with van der Waals surface area (Å²) in [6.07, 6.45) is 0. The zero-order valence-corrected chi connectivity index (χ0v) is 10.3. The molecular weight excluding hydrogens is 234 g/mol. The van der Waals surface area contributed by atoms with Crippen LogP contribution in [0.1, 0.15) is 22.2 Å². The lowest BCUT2D eigenvalue weighted by atomic mass is 10.1. The minimum Gasteiger partial charge on any atom is -0.487 e. The first-order valence-corrected chi connectivity index (χ1v) is 6.10. The molecule has 2 rings (SSSR count). The second kappa shape index (κ2) is 5.01. The van der Waals surface area contributed by atoms with Crippen LogP contribution in [0.5, 0.6) is 5.75 Å². The number of hydrogen-bond donors (Lipinski definition) is 1. The summed E-state index contributed by atoms with van der Waals surface area (Å²) in [6.45, 7) is 1.98. The van der Waals surface area contributed by atoms with Gasteiger partial charge < -0.3 is 10.5 Å². The van der Waals surface area contributed by atoms with Gasteiger partial charge in [0, 0.05) is 10.6 Å². The first kappa shape index (κ1) is 11.7. The van der Waals surface area contributed by atoms with Gasteiger partial charge in [-0.1, -0.05) is 6.07 Å². The number of carbonyl (C=O) groups excluding carboxylic acids is 1. The van der Waals surface area contributed by atoms with E-state index in [2.05, 4.69) is 0 Å². The number of nitrogen functional groups attached to an aromatic ring is 1. The number of hydrogen-bond acceptors (Lipinski definition) is 4. The molecule has 1 aromatic carbocycles. The summed E-state index contributed by atoms with van der Waals surface area (Å²) in [7, 11) is 0. The Kier molecular flexibility index (Phi) is 3.44. The molecule has 0 saturated heterocycles. The minimum absolute atomic E-state index is 0.0431. The van der Waals surface area contributed by atoms with Crippen molar-refractivity contribution in [3.8, 4) is 5.75 Å². The second-order valence-corrected chi connectivity index (χ2v) is 4.71. The lowest BCUT2D eigenvalue weighted by Gasteiger charge is -2.09. The van der Waals surface area contributed by atoms with Crippen LogP contribution in [0.3, 0.4) is 0 Å². The Morgan fingerprint density at radius 2 is 2.24 bits per heavy atom. The van der Waals surface area contributed by atoms with Gasteiger partial charge in [0.05, 0.1) is 5.56 Å². The summed E-state index contributed by atoms with van der Waals surface area (Å²) in [4.78, 5) is 12.6. The molecule has 88 valence electrons. The second-order valence-electron chi connectivity index (χ2n) is 3.68. The molecule has 0 unspecified atom stereocenters.